The molecule has 1 atom stereocenters. The average Bonchev–Trinajstić information content (AvgIpc) is 2.88. The second-order valence-corrected chi connectivity index (χ2v) is 9.50. The molecular formula is C29H48Cl3N3O2. The molecule has 0 saturated carbocycles. The van der Waals surface area contributed by atoms with Crippen LogP contribution in [0.1, 0.15) is 68.6 Å². The first-order valence-corrected chi connectivity index (χ1v) is 13.3. The second-order valence-electron chi connectivity index (χ2n) is 9.50. The van der Waals surface area contributed by atoms with E-state index in [9.17, 15) is 0 Å². The predicted octanol–water partition coefficient (Wildman–Crippen LogP) is 6.72. The summed E-state index contributed by atoms with van der Waals surface area (Å²) in [5.41, 5.74) is 4.12. The van der Waals surface area contributed by atoms with E-state index < -0.39 is 0 Å². The molecule has 0 amide bonds. The van der Waals surface area contributed by atoms with Crippen molar-refractivity contribution in [3.63, 3.8) is 0 Å². The molecule has 1 aromatic carbocycles. The monoisotopic (exact) mass is 575 g/mol. The van der Waals surface area contributed by atoms with Gasteiger partial charge < -0.3 is 19.7 Å². The number of ether oxygens (including phenoxy) is 2. The fourth-order valence-corrected chi connectivity index (χ4v) is 5.25. The first-order valence-electron chi connectivity index (χ1n) is 13.3. The fraction of sp³-hybridized carbons (Fsp3) is 0.621. The van der Waals surface area contributed by atoms with Gasteiger partial charge >= 0.3 is 0 Å². The third-order valence-electron chi connectivity index (χ3n) is 7.05. The number of rotatable bonds is 16. The Bertz CT molecular complexity index is 843. The topological polar surface area (TPSA) is 46.6 Å². The van der Waals surface area contributed by atoms with Crippen LogP contribution in [0.5, 0.6) is 11.5 Å². The van der Waals surface area contributed by atoms with Crippen LogP contribution in [0.2, 0.25) is 0 Å². The van der Waals surface area contributed by atoms with Gasteiger partial charge in [0.25, 0.3) is 0 Å². The lowest BCUT2D eigenvalue weighted by Gasteiger charge is -2.36. The van der Waals surface area contributed by atoms with Crippen molar-refractivity contribution >= 4 is 37.2 Å². The van der Waals surface area contributed by atoms with E-state index in [4.69, 9.17) is 9.47 Å². The number of hydrogen-bond acceptors (Lipinski definition) is 5. The predicted molar refractivity (Wildman–Crippen MR) is 163 cm³/mol. The highest BCUT2D eigenvalue weighted by Gasteiger charge is 2.27. The zero-order valence-electron chi connectivity index (χ0n) is 22.9. The minimum absolute atomic E-state index is 0. The molecule has 3 rings (SSSR count). The molecule has 1 N–H and O–H groups in total. The molecule has 212 valence electrons. The molecule has 1 aliphatic carbocycles. The van der Waals surface area contributed by atoms with Gasteiger partial charge in [0, 0.05) is 24.0 Å². The third-order valence-corrected chi connectivity index (χ3v) is 7.05. The van der Waals surface area contributed by atoms with Gasteiger partial charge in [0.05, 0.1) is 14.2 Å². The van der Waals surface area contributed by atoms with E-state index in [2.05, 4.69) is 40.3 Å². The van der Waals surface area contributed by atoms with Gasteiger partial charge in [-0.1, -0.05) is 31.9 Å². The number of aryl methyl sites for hydroxylation is 1. The Morgan fingerprint density at radius 3 is 2.43 bits per heavy atom. The van der Waals surface area contributed by atoms with E-state index in [1.165, 1.54) is 74.7 Å². The zero-order valence-corrected chi connectivity index (χ0v) is 25.3. The van der Waals surface area contributed by atoms with Crippen molar-refractivity contribution < 1.29 is 9.47 Å². The first kappa shape index (κ1) is 35.8. The minimum atomic E-state index is 0. The zero-order chi connectivity index (χ0) is 24.0. The number of hydrogen-bond donors (Lipinski definition) is 1. The van der Waals surface area contributed by atoms with Gasteiger partial charge in [0.1, 0.15) is 0 Å². The Labute approximate surface area is 243 Å². The standard InChI is InChI=1S/C29H45N3O2.3ClH/c1-4-20-32(26-14-15-27-25(22-26)13-16-28(33-2)29(27)34-3)21-8-6-5-7-17-30-18-9-11-24-12-10-19-31-23-24;;;/h10,12-13,16,19,23,26,30H,4-9,11,14-15,17-18,20-22H2,1-3H3;3*1H/t26-;;;/m0.../s1. The van der Waals surface area contributed by atoms with Gasteiger partial charge in [-0.15, -0.1) is 37.2 Å². The van der Waals surface area contributed by atoms with E-state index in [0.29, 0.717) is 6.04 Å². The molecule has 8 heteroatoms. The Hall–Kier alpha value is -1.24. The number of aromatic nitrogens is 1. The second kappa shape index (κ2) is 20.7. The first-order chi connectivity index (χ1) is 16.8. The summed E-state index contributed by atoms with van der Waals surface area (Å²) in [6.07, 6.45) is 16.0. The number of nitrogens with one attached hydrogen (secondary N) is 1. The summed E-state index contributed by atoms with van der Waals surface area (Å²) in [5.74, 6) is 1.79. The molecule has 37 heavy (non-hydrogen) atoms. The summed E-state index contributed by atoms with van der Waals surface area (Å²) < 4.78 is 11.2. The summed E-state index contributed by atoms with van der Waals surface area (Å²) in [7, 11) is 3.48. The van der Waals surface area contributed by atoms with Crippen LogP contribution in [0.4, 0.5) is 0 Å². The van der Waals surface area contributed by atoms with Gasteiger partial charge in [0.15, 0.2) is 11.5 Å². The van der Waals surface area contributed by atoms with Crippen molar-refractivity contribution in [3.8, 4) is 11.5 Å². The van der Waals surface area contributed by atoms with Crippen molar-refractivity contribution in [2.24, 2.45) is 0 Å². The Balaban J connectivity index is 0.00000432. The number of pyridine rings is 1. The normalized spacial score (nSPS) is 14.1. The summed E-state index contributed by atoms with van der Waals surface area (Å²) in [5, 5.41) is 3.60. The van der Waals surface area contributed by atoms with Crippen LogP contribution in [0.25, 0.3) is 0 Å². The highest BCUT2D eigenvalue weighted by Crippen LogP contribution is 2.38. The number of halogens is 3. The molecule has 0 bridgehead atoms. The molecule has 5 nitrogen and oxygen atoms in total. The van der Waals surface area contributed by atoms with Crippen LogP contribution < -0.4 is 14.8 Å². The van der Waals surface area contributed by atoms with E-state index in [-0.39, 0.29) is 37.2 Å². The van der Waals surface area contributed by atoms with Crippen LogP contribution in [0.3, 0.4) is 0 Å². The van der Waals surface area contributed by atoms with Crippen LogP contribution >= 0.6 is 37.2 Å². The van der Waals surface area contributed by atoms with Crippen LogP contribution in [-0.2, 0) is 19.3 Å². The molecule has 0 radical (unpaired) electrons. The lowest BCUT2D eigenvalue weighted by atomic mass is 9.86. The molecule has 1 aromatic heterocycles. The minimum Gasteiger partial charge on any atom is -0.493 e. The molecule has 2 aromatic rings. The highest BCUT2D eigenvalue weighted by molar-refractivity contribution is 5.86. The van der Waals surface area contributed by atoms with Crippen LogP contribution in [-0.4, -0.2) is 56.3 Å². The van der Waals surface area contributed by atoms with Crippen LogP contribution in [0.15, 0.2) is 36.7 Å². The average molecular weight is 577 g/mol. The lowest BCUT2D eigenvalue weighted by Crippen LogP contribution is -2.40. The van der Waals surface area contributed by atoms with Crippen molar-refractivity contribution in [2.45, 2.75) is 77.2 Å². The molecular weight excluding hydrogens is 529 g/mol. The molecule has 0 fully saturated rings. The number of fused-ring (bicyclic) bond motifs is 1. The number of methoxy groups -OCH3 is 2. The number of nitrogens with zero attached hydrogens (tertiary/aromatic N) is 2. The van der Waals surface area contributed by atoms with Gasteiger partial charge in [0.2, 0.25) is 0 Å². The number of unbranched alkanes of at least 4 members (excludes halogenated alkanes) is 3. The summed E-state index contributed by atoms with van der Waals surface area (Å²) in [6.45, 7) is 6.96. The van der Waals surface area contributed by atoms with Crippen molar-refractivity contribution in [1.82, 2.24) is 15.2 Å². The Morgan fingerprint density at radius 1 is 0.946 bits per heavy atom. The maximum atomic E-state index is 5.69. The SMILES string of the molecule is CCCN(CCCCCCNCCCc1cccnc1)[C@H]1CCc2c(ccc(OC)c2OC)C1.Cl.Cl.Cl. The Kier molecular flexibility index (Phi) is 20.0. The molecule has 0 aliphatic heterocycles. The molecule has 1 heterocycles. The quantitative estimate of drug-likeness (QED) is 0.225. The third kappa shape index (κ3) is 11.6. The van der Waals surface area contributed by atoms with E-state index in [0.717, 1.165) is 43.9 Å². The van der Waals surface area contributed by atoms with Gasteiger partial charge in [-0.2, -0.15) is 0 Å². The van der Waals surface area contributed by atoms with Gasteiger partial charge in [-0.25, -0.2) is 0 Å². The van der Waals surface area contributed by atoms with E-state index in [1.807, 2.05) is 18.5 Å². The summed E-state index contributed by atoms with van der Waals surface area (Å²) in [4.78, 5) is 6.93. The van der Waals surface area contributed by atoms with E-state index in [1.54, 1.807) is 14.2 Å². The maximum Gasteiger partial charge on any atom is 0.164 e. The van der Waals surface area contributed by atoms with Crippen molar-refractivity contribution in [3.05, 3.63) is 53.3 Å². The van der Waals surface area contributed by atoms with Crippen LogP contribution in [0, 0.1) is 0 Å². The molecule has 0 unspecified atom stereocenters. The molecule has 0 spiro atoms. The maximum absolute atomic E-state index is 5.69. The molecule has 0 saturated heterocycles. The summed E-state index contributed by atoms with van der Waals surface area (Å²) >= 11 is 0. The van der Waals surface area contributed by atoms with Gasteiger partial charge in [-0.05, 0) is 101 Å². The summed E-state index contributed by atoms with van der Waals surface area (Å²) in [6, 6.07) is 9.14. The lowest BCUT2D eigenvalue weighted by molar-refractivity contribution is 0.175. The smallest absolute Gasteiger partial charge is 0.164 e. The molecule has 1 aliphatic rings. The largest absolute Gasteiger partial charge is 0.493 e. The van der Waals surface area contributed by atoms with Crippen molar-refractivity contribution in [1.29, 1.82) is 0 Å². The van der Waals surface area contributed by atoms with E-state index >= 15 is 0 Å². The number of benzene rings is 1. The highest BCUT2D eigenvalue weighted by atomic mass is 35.5. The van der Waals surface area contributed by atoms with Crippen molar-refractivity contribution in [2.75, 3.05) is 40.4 Å². The Morgan fingerprint density at radius 2 is 1.73 bits per heavy atom. The fourth-order valence-electron chi connectivity index (χ4n) is 5.25. The van der Waals surface area contributed by atoms with Gasteiger partial charge in [-0.3, -0.25) is 4.98 Å².